The van der Waals surface area contributed by atoms with Crippen LogP contribution in [0.4, 0.5) is 18.3 Å². The lowest BCUT2D eigenvalue weighted by Gasteiger charge is -2.09. The minimum atomic E-state index is -4.79. The van der Waals surface area contributed by atoms with E-state index in [0.29, 0.717) is 27.3 Å². The van der Waals surface area contributed by atoms with Gasteiger partial charge in [0, 0.05) is 25.0 Å². The van der Waals surface area contributed by atoms with Crippen molar-refractivity contribution in [3.8, 4) is 17.0 Å². The van der Waals surface area contributed by atoms with Crippen molar-refractivity contribution >= 4 is 43.9 Å². The first-order valence-corrected chi connectivity index (χ1v) is 10.6. The standard InChI is InChI=1S/C19H15F3N4O3S2/c1-25-16(28)15-11(8-30-17(15)26(25)2)7-14(27)24-18-23-13(9-31-18)10-4-3-5-12(6-10)29-19(20,21)22/h3-6,8-9H,7H2,1-2H3,(H,23,24,27). The number of hydrogen-bond acceptors (Lipinski definition) is 6. The van der Waals surface area contributed by atoms with Gasteiger partial charge >= 0.3 is 6.36 Å². The zero-order valence-corrected chi connectivity index (χ0v) is 17.8. The van der Waals surface area contributed by atoms with E-state index in [4.69, 9.17) is 0 Å². The second kappa shape index (κ2) is 7.85. The minimum absolute atomic E-state index is 0.00305. The van der Waals surface area contributed by atoms with Crippen molar-refractivity contribution in [3.63, 3.8) is 0 Å². The summed E-state index contributed by atoms with van der Waals surface area (Å²) >= 11 is 2.53. The van der Waals surface area contributed by atoms with Crippen LogP contribution in [0, 0.1) is 0 Å². The molecule has 0 radical (unpaired) electrons. The van der Waals surface area contributed by atoms with Crippen LogP contribution in [-0.2, 0) is 25.3 Å². The van der Waals surface area contributed by atoms with Gasteiger partial charge in [0.05, 0.1) is 17.5 Å². The average Bonchev–Trinajstić information content (AvgIpc) is 3.36. The Morgan fingerprint density at radius 1 is 1.19 bits per heavy atom. The number of alkyl halides is 3. The Morgan fingerprint density at radius 2 is 1.97 bits per heavy atom. The maximum absolute atomic E-state index is 12.5. The van der Waals surface area contributed by atoms with Gasteiger partial charge in [-0.2, -0.15) is 0 Å². The molecule has 1 amide bonds. The summed E-state index contributed by atoms with van der Waals surface area (Å²) in [5.74, 6) is -0.699. The van der Waals surface area contributed by atoms with Gasteiger partial charge in [0.1, 0.15) is 10.6 Å². The number of thiophene rings is 1. The van der Waals surface area contributed by atoms with Gasteiger partial charge in [-0.15, -0.1) is 35.8 Å². The van der Waals surface area contributed by atoms with Crippen LogP contribution in [0.2, 0.25) is 0 Å². The highest BCUT2D eigenvalue weighted by Crippen LogP contribution is 2.30. The van der Waals surface area contributed by atoms with Gasteiger partial charge in [0.15, 0.2) is 5.13 Å². The molecule has 4 rings (SSSR count). The fraction of sp³-hybridized carbons (Fsp3) is 0.211. The number of halogens is 3. The highest BCUT2D eigenvalue weighted by atomic mass is 32.1. The van der Waals surface area contributed by atoms with Crippen LogP contribution in [0.5, 0.6) is 5.75 Å². The number of hydrogen-bond donors (Lipinski definition) is 1. The van der Waals surface area contributed by atoms with Crippen LogP contribution in [-0.4, -0.2) is 26.6 Å². The lowest BCUT2D eigenvalue weighted by atomic mass is 10.2. The molecule has 0 atom stereocenters. The van der Waals surface area contributed by atoms with Crippen LogP contribution in [0.3, 0.4) is 0 Å². The Bertz CT molecular complexity index is 1330. The van der Waals surface area contributed by atoms with E-state index in [1.165, 1.54) is 34.2 Å². The van der Waals surface area contributed by atoms with Gasteiger partial charge in [0.25, 0.3) is 5.56 Å². The Balaban J connectivity index is 1.49. The predicted octanol–water partition coefficient (Wildman–Crippen LogP) is 4.14. The van der Waals surface area contributed by atoms with Crippen molar-refractivity contribution in [1.82, 2.24) is 14.3 Å². The first kappa shape index (κ1) is 21.1. The zero-order chi connectivity index (χ0) is 22.3. The van der Waals surface area contributed by atoms with Gasteiger partial charge in [-0.3, -0.25) is 19.0 Å². The second-order valence-corrected chi connectivity index (χ2v) is 8.35. The van der Waals surface area contributed by atoms with Gasteiger partial charge < -0.3 is 10.1 Å². The zero-order valence-electron chi connectivity index (χ0n) is 16.2. The normalized spacial score (nSPS) is 11.8. The number of rotatable bonds is 5. The Kier molecular flexibility index (Phi) is 5.35. The van der Waals surface area contributed by atoms with E-state index in [1.807, 2.05) is 0 Å². The molecule has 1 N–H and O–H groups in total. The maximum atomic E-state index is 12.5. The van der Waals surface area contributed by atoms with E-state index >= 15 is 0 Å². The molecule has 3 aromatic heterocycles. The molecule has 3 heterocycles. The molecule has 31 heavy (non-hydrogen) atoms. The van der Waals surface area contributed by atoms with Gasteiger partial charge in [-0.1, -0.05) is 12.1 Å². The van der Waals surface area contributed by atoms with Crippen LogP contribution in [0.15, 0.2) is 39.8 Å². The number of aryl methyl sites for hydroxylation is 1. The molecule has 7 nitrogen and oxygen atoms in total. The number of nitrogens with one attached hydrogen (secondary N) is 1. The summed E-state index contributed by atoms with van der Waals surface area (Å²) in [5, 5.41) is 6.90. The third kappa shape index (κ3) is 4.35. The van der Waals surface area contributed by atoms with Crippen molar-refractivity contribution < 1.29 is 22.7 Å². The van der Waals surface area contributed by atoms with Crippen molar-refractivity contribution in [1.29, 1.82) is 0 Å². The third-order valence-electron chi connectivity index (χ3n) is 4.56. The summed E-state index contributed by atoms with van der Waals surface area (Å²) in [6, 6.07) is 5.44. The number of benzene rings is 1. The highest BCUT2D eigenvalue weighted by Gasteiger charge is 2.31. The fourth-order valence-electron chi connectivity index (χ4n) is 3.07. The Morgan fingerprint density at radius 3 is 2.71 bits per heavy atom. The van der Waals surface area contributed by atoms with Crippen LogP contribution in [0.25, 0.3) is 21.5 Å². The number of anilines is 1. The molecule has 0 saturated carbocycles. The van der Waals surface area contributed by atoms with E-state index in [-0.39, 0.29) is 23.6 Å². The SMILES string of the molecule is Cn1c(=O)c2c(CC(=O)Nc3nc(-c4cccc(OC(F)(F)F)c4)cs3)csc2n1C. The van der Waals surface area contributed by atoms with E-state index in [1.54, 1.807) is 35.6 Å². The molecule has 0 aliphatic carbocycles. The smallest absolute Gasteiger partial charge is 0.406 e. The monoisotopic (exact) mass is 468 g/mol. The largest absolute Gasteiger partial charge is 0.573 e. The first-order valence-electron chi connectivity index (χ1n) is 8.86. The molecule has 12 heteroatoms. The van der Waals surface area contributed by atoms with Gasteiger partial charge in [0.2, 0.25) is 5.91 Å². The van der Waals surface area contributed by atoms with Crippen molar-refractivity contribution in [2.24, 2.45) is 14.1 Å². The summed E-state index contributed by atoms with van der Waals surface area (Å²) in [5.41, 5.74) is 1.29. The molecule has 4 aromatic rings. The number of carbonyl (C=O) groups is 1. The molecule has 0 unspecified atom stereocenters. The molecular formula is C19H15F3N4O3S2. The summed E-state index contributed by atoms with van der Waals surface area (Å²) in [4.78, 5) is 29.9. The molecule has 0 aliphatic rings. The van der Waals surface area contributed by atoms with Crippen molar-refractivity contribution in [2.75, 3.05) is 5.32 Å². The third-order valence-corrected chi connectivity index (χ3v) is 6.42. The number of ether oxygens (including phenoxy) is 1. The summed E-state index contributed by atoms with van der Waals surface area (Å²) in [6.07, 6.45) is -4.78. The first-order chi connectivity index (χ1) is 14.6. The van der Waals surface area contributed by atoms with Crippen molar-refractivity contribution in [2.45, 2.75) is 12.8 Å². The number of thiazole rings is 1. The van der Waals surface area contributed by atoms with Crippen LogP contribution >= 0.6 is 22.7 Å². The van der Waals surface area contributed by atoms with E-state index < -0.39 is 6.36 Å². The summed E-state index contributed by atoms with van der Waals surface area (Å²) in [7, 11) is 3.43. The number of amides is 1. The lowest BCUT2D eigenvalue weighted by Crippen LogP contribution is -2.18. The molecule has 0 saturated heterocycles. The molecule has 0 spiro atoms. The molecule has 0 fully saturated rings. The van der Waals surface area contributed by atoms with Crippen LogP contribution in [0.1, 0.15) is 5.56 Å². The van der Waals surface area contributed by atoms with Gasteiger partial charge in [-0.05, 0) is 23.1 Å². The maximum Gasteiger partial charge on any atom is 0.573 e. The Labute approximate surface area is 181 Å². The second-order valence-electron chi connectivity index (χ2n) is 6.63. The molecular weight excluding hydrogens is 453 g/mol. The van der Waals surface area contributed by atoms with Crippen LogP contribution < -0.4 is 15.6 Å². The molecule has 0 bridgehead atoms. The average molecular weight is 468 g/mol. The summed E-state index contributed by atoms with van der Waals surface area (Å²) in [6.45, 7) is 0. The molecule has 162 valence electrons. The highest BCUT2D eigenvalue weighted by molar-refractivity contribution is 7.17. The number of carbonyl (C=O) groups excluding carboxylic acids is 1. The summed E-state index contributed by atoms with van der Waals surface area (Å²) < 4.78 is 44.4. The molecule has 0 aliphatic heterocycles. The van der Waals surface area contributed by atoms with E-state index in [0.717, 1.165) is 16.2 Å². The number of nitrogens with zero attached hydrogens (tertiary/aromatic N) is 3. The lowest BCUT2D eigenvalue weighted by molar-refractivity contribution is -0.274. The fourth-order valence-corrected chi connectivity index (χ4v) is 4.87. The quantitative estimate of drug-likeness (QED) is 0.478. The topological polar surface area (TPSA) is 78.2 Å². The van der Waals surface area contributed by atoms with Gasteiger partial charge in [-0.25, -0.2) is 4.98 Å². The number of fused-ring (bicyclic) bond motifs is 1. The van der Waals surface area contributed by atoms with E-state index in [9.17, 15) is 22.8 Å². The van der Waals surface area contributed by atoms with Crippen molar-refractivity contribution in [3.05, 3.63) is 50.9 Å². The molecule has 1 aromatic carbocycles. The number of aromatic nitrogens is 3. The van der Waals surface area contributed by atoms with E-state index in [2.05, 4.69) is 15.0 Å². The predicted molar refractivity (Wildman–Crippen MR) is 113 cm³/mol. The minimum Gasteiger partial charge on any atom is -0.406 e. The Hall–Kier alpha value is -3.12.